The topological polar surface area (TPSA) is 79.4 Å². The van der Waals surface area contributed by atoms with Gasteiger partial charge in [0.1, 0.15) is 0 Å². The normalized spacial score (nSPS) is 22.4. The lowest BCUT2D eigenvalue weighted by Crippen LogP contribution is -2.34. The Bertz CT molecular complexity index is 1050. The average Bonchev–Trinajstić information content (AvgIpc) is 3.35. The van der Waals surface area contributed by atoms with Crippen LogP contribution in [0.5, 0.6) is 0 Å². The zero-order valence-electron chi connectivity index (χ0n) is 17.3. The lowest BCUT2D eigenvalue weighted by molar-refractivity contribution is -0.140. The molecule has 1 saturated heterocycles. The number of likely N-dealkylation sites (tertiary alicyclic amines) is 1. The Kier molecular flexibility index (Phi) is 5.44. The number of amides is 3. The van der Waals surface area contributed by atoms with E-state index in [0.717, 1.165) is 24.1 Å². The molecule has 6 nitrogen and oxygen atoms in total. The summed E-state index contributed by atoms with van der Waals surface area (Å²) in [7, 11) is 0. The molecule has 160 valence electrons. The van der Waals surface area contributed by atoms with Gasteiger partial charge in [0, 0.05) is 23.9 Å². The number of hydrogen-bond acceptors (Lipinski definition) is 5. The van der Waals surface area contributed by atoms with Gasteiger partial charge in [-0.1, -0.05) is 24.3 Å². The first-order valence-corrected chi connectivity index (χ1v) is 11.9. The molecule has 2 heterocycles. The van der Waals surface area contributed by atoms with Gasteiger partial charge in [0.05, 0.1) is 17.5 Å². The van der Waals surface area contributed by atoms with Crippen LogP contribution in [0.2, 0.25) is 0 Å². The summed E-state index contributed by atoms with van der Waals surface area (Å²) < 4.78 is 0. The second-order valence-electron chi connectivity index (χ2n) is 8.51. The summed E-state index contributed by atoms with van der Waals surface area (Å²) in [5, 5.41) is 5.30. The molecule has 0 spiro atoms. The fraction of sp³-hybridized carbons (Fsp3) is 0.417. The van der Waals surface area contributed by atoms with Crippen molar-refractivity contribution in [3.8, 4) is 11.3 Å². The molecule has 1 aliphatic heterocycles. The number of imide groups is 1. The Labute approximate surface area is 185 Å². The van der Waals surface area contributed by atoms with Crippen LogP contribution >= 0.6 is 11.3 Å². The Hall–Kier alpha value is -2.80. The van der Waals surface area contributed by atoms with Gasteiger partial charge in [-0.05, 0) is 55.7 Å². The second kappa shape index (κ2) is 8.38. The van der Waals surface area contributed by atoms with Crippen molar-refractivity contribution in [2.24, 2.45) is 11.8 Å². The van der Waals surface area contributed by atoms with Crippen molar-refractivity contribution in [1.82, 2.24) is 9.88 Å². The molecule has 1 N–H and O–H groups in total. The van der Waals surface area contributed by atoms with Gasteiger partial charge in [0.2, 0.25) is 17.7 Å². The van der Waals surface area contributed by atoms with Crippen LogP contribution in [-0.2, 0) is 27.2 Å². The molecule has 2 unspecified atom stereocenters. The minimum absolute atomic E-state index is 0.0815. The minimum Gasteiger partial charge on any atom is -0.302 e. The predicted molar refractivity (Wildman–Crippen MR) is 120 cm³/mol. The van der Waals surface area contributed by atoms with E-state index in [0.29, 0.717) is 18.0 Å². The molecule has 7 heteroatoms. The van der Waals surface area contributed by atoms with Gasteiger partial charge >= 0.3 is 0 Å². The van der Waals surface area contributed by atoms with E-state index >= 15 is 0 Å². The van der Waals surface area contributed by atoms with Crippen molar-refractivity contribution in [3.63, 3.8) is 0 Å². The zero-order valence-corrected chi connectivity index (χ0v) is 18.1. The molecular weight excluding hydrogens is 410 g/mol. The Balaban J connectivity index is 1.19. The van der Waals surface area contributed by atoms with E-state index < -0.39 is 0 Å². The number of aryl methyl sites for hydroxylation is 2. The molecule has 3 aliphatic rings. The first kappa shape index (κ1) is 20.1. The average molecular weight is 436 g/mol. The third-order valence-corrected chi connectivity index (χ3v) is 7.31. The lowest BCUT2D eigenvalue weighted by Gasteiger charge is -2.16. The number of carbonyl (C=O) groups is 3. The number of aromatic nitrogens is 1. The highest BCUT2D eigenvalue weighted by Crippen LogP contribution is 2.35. The maximum atomic E-state index is 12.5. The van der Waals surface area contributed by atoms with Crippen LogP contribution in [0.25, 0.3) is 11.3 Å². The van der Waals surface area contributed by atoms with Gasteiger partial charge in [-0.25, -0.2) is 4.98 Å². The van der Waals surface area contributed by atoms with Crippen LogP contribution in [0.3, 0.4) is 0 Å². The summed E-state index contributed by atoms with van der Waals surface area (Å²) in [6, 6.07) is 6.51. The van der Waals surface area contributed by atoms with E-state index in [2.05, 4.69) is 28.5 Å². The maximum Gasteiger partial charge on any atom is 0.233 e. The number of nitrogens with one attached hydrogen (secondary N) is 1. The highest BCUT2D eigenvalue weighted by atomic mass is 32.1. The van der Waals surface area contributed by atoms with Gasteiger partial charge in [-0.3, -0.25) is 19.3 Å². The van der Waals surface area contributed by atoms with Crippen LogP contribution in [0.4, 0.5) is 5.13 Å². The van der Waals surface area contributed by atoms with Crippen molar-refractivity contribution in [2.75, 3.05) is 11.9 Å². The minimum atomic E-state index is -0.251. The molecule has 1 aromatic heterocycles. The predicted octanol–water partition coefficient (Wildman–Crippen LogP) is 3.97. The SMILES string of the molecule is O=C(CCN1C(=O)C2CC=CCC2C1=O)Nc1nc(-c2ccc3c(c2)CCCC3)cs1. The number of rotatable bonds is 5. The number of allylic oxidation sites excluding steroid dienone is 2. The number of nitrogens with zero attached hydrogens (tertiary/aromatic N) is 2. The van der Waals surface area contributed by atoms with Gasteiger partial charge in [-0.2, -0.15) is 0 Å². The van der Waals surface area contributed by atoms with Crippen LogP contribution < -0.4 is 5.32 Å². The van der Waals surface area contributed by atoms with Crippen molar-refractivity contribution >= 4 is 34.2 Å². The molecule has 0 bridgehead atoms. The Morgan fingerprint density at radius 2 is 1.77 bits per heavy atom. The molecule has 2 atom stereocenters. The van der Waals surface area contributed by atoms with E-state index in [1.807, 2.05) is 17.5 Å². The number of anilines is 1. The van der Waals surface area contributed by atoms with Gasteiger partial charge in [-0.15, -0.1) is 11.3 Å². The molecule has 1 aromatic carbocycles. The van der Waals surface area contributed by atoms with E-state index in [-0.39, 0.29) is 42.5 Å². The molecule has 3 amide bonds. The Morgan fingerprint density at radius 3 is 2.52 bits per heavy atom. The highest BCUT2D eigenvalue weighted by molar-refractivity contribution is 7.14. The number of benzene rings is 1. The number of carbonyl (C=O) groups excluding carboxylic acids is 3. The molecule has 2 aliphatic carbocycles. The van der Waals surface area contributed by atoms with Crippen LogP contribution in [0.1, 0.15) is 43.2 Å². The second-order valence-corrected chi connectivity index (χ2v) is 9.37. The first-order chi connectivity index (χ1) is 15.1. The van der Waals surface area contributed by atoms with Crippen molar-refractivity contribution in [3.05, 3.63) is 46.9 Å². The molecule has 1 fully saturated rings. The number of hydrogen-bond donors (Lipinski definition) is 1. The highest BCUT2D eigenvalue weighted by Gasteiger charge is 2.46. The molecule has 2 aromatic rings. The summed E-state index contributed by atoms with van der Waals surface area (Å²) in [4.78, 5) is 43.3. The molecule has 0 saturated carbocycles. The quantitative estimate of drug-likeness (QED) is 0.569. The molecular formula is C24H25N3O3S. The largest absolute Gasteiger partial charge is 0.302 e. The van der Waals surface area contributed by atoms with Crippen LogP contribution in [0.15, 0.2) is 35.7 Å². The van der Waals surface area contributed by atoms with Gasteiger partial charge in [0.15, 0.2) is 5.13 Å². The third-order valence-electron chi connectivity index (χ3n) is 6.56. The van der Waals surface area contributed by atoms with Gasteiger partial charge < -0.3 is 5.32 Å². The zero-order chi connectivity index (χ0) is 21.4. The summed E-state index contributed by atoms with van der Waals surface area (Å²) >= 11 is 1.39. The van der Waals surface area contributed by atoms with E-state index in [1.54, 1.807) is 0 Å². The van der Waals surface area contributed by atoms with E-state index in [1.165, 1.54) is 40.2 Å². The van der Waals surface area contributed by atoms with Crippen molar-refractivity contribution < 1.29 is 14.4 Å². The fourth-order valence-electron chi connectivity index (χ4n) is 4.84. The van der Waals surface area contributed by atoms with Crippen LogP contribution in [0, 0.1) is 11.8 Å². The lowest BCUT2D eigenvalue weighted by atomic mass is 9.85. The number of fused-ring (bicyclic) bond motifs is 2. The van der Waals surface area contributed by atoms with E-state index in [4.69, 9.17) is 0 Å². The summed E-state index contributed by atoms with van der Waals surface area (Å²) in [6.45, 7) is 0.125. The third kappa shape index (κ3) is 3.94. The molecule has 0 radical (unpaired) electrons. The standard InChI is InChI=1S/C24H25N3O3S/c28-21(11-12-27-22(29)18-7-3-4-8-19(18)23(27)30)26-24-25-20(14-31-24)17-10-9-15-5-1-2-6-16(15)13-17/h3-4,9-10,13-14,18-19H,1-2,5-8,11-12H2,(H,25,26,28). The smallest absolute Gasteiger partial charge is 0.233 e. The van der Waals surface area contributed by atoms with E-state index in [9.17, 15) is 14.4 Å². The molecule has 31 heavy (non-hydrogen) atoms. The summed E-state index contributed by atoms with van der Waals surface area (Å²) in [6.07, 6.45) is 9.98. The van der Waals surface area contributed by atoms with Crippen LogP contribution in [-0.4, -0.2) is 34.2 Å². The van der Waals surface area contributed by atoms with Crippen molar-refractivity contribution in [2.45, 2.75) is 44.9 Å². The first-order valence-electron chi connectivity index (χ1n) is 11.0. The maximum absolute atomic E-state index is 12.5. The Morgan fingerprint density at radius 1 is 1.06 bits per heavy atom. The van der Waals surface area contributed by atoms with Crippen molar-refractivity contribution in [1.29, 1.82) is 0 Å². The number of thiazole rings is 1. The monoisotopic (exact) mass is 435 g/mol. The fourth-order valence-corrected chi connectivity index (χ4v) is 5.58. The summed E-state index contributed by atoms with van der Waals surface area (Å²) in [5.41, 5.74) is 4.76. The summed E-state index contributed by atoms with van der Waals surface area (Å²) in [5.74, 6) is -1.02. The van der Waals surface area contributed by atoms with Gasteiger partial charge in [0.25, 0.3) is 0 Å². The molecule has 5 rings (SSSR count).